The van der Waals surface area contributed by atoms with E-state index in [0.717, 1.165) is 0 Å². The zero-order valence-corrected chi connectivity index (χ0v) is 15.0. The van der Waals surface area contributed by atoms with Crippen LogP contribution in [0.5, 0.6) is 5.75 Å². The molecule has 0 unspecified atom stereocenters. The molecule has 1 amide bonds. The second-order valence-corrected chi connectivity index (χ2v) is 5.96. The van der Waals surface area contributed by atoms with E-state index >= 15 is 0 Å². The molecule has 8 nitrogen and oxygen atoms in total. The molecule has 140 valence electrons. The van der Waals surface area contributed by atoms with Gasteiger partial charge in [0.15, 0.2) is 11.4 Å². The molecule has 2 N–H and O–H groups in total. The maximum Gasteiger partial charge on any atom is 0.305 e. The monoisotopic (exact) mass is 368 g/mol. The molecular weight excluding hydrogens is 348 g/mol. The average molecular weight is 368 g/mol. The van der Waals surface area contributed by atoms with Crippen molar-refractivity contribution in [1.82, 2.24) is 19.7 Å². The van der Waals surface area contributed by atoms with E-state index in [2.05, 4.69) is 15.3 Å². The number of amides is 1. The zero-order chi connectivity index (χ0) is 19.4. The highest BCUT2D eigenvalue weighted by Crippen LogP contribution is 2.23. The summed E-state index contributed by atoms with van der Waals surface area (Å²) in [5.74, 6) is -0.849. The largest absolute Gasteiger partial charge is 0.490 e. The third-order valence-corrected chi connectivity index (χ3v) is 4.07. The predicted octanol–water partition coefficient (Wildman–Crippen LogP) is 2.38. The summed E-state index contributed by atoms with van der Waals surface area (Å²) in [6.07, 6.45) is 4.61. The standard InChI is InChI=1S/C19H20N4O4/c1-3-27-15-7-5-9-23-17(12(2)21-18(15)23)19(26)22-14(10-16(24)25)13-6-4-8-20-11-13/h4-9,11,14H,3,10H2,1-2H3,(H,22,26)(H,24,25)/t14-/m0/s1. The average Bonchev–Trinajstić information content (AvgIpc) is 2.99. The van der Waals surface area contributed by atoms with Crippen molar-refractivity contribution in [2.45, 2.75) is 26.3 Å². The van der Waals surface area contributed by atoms with E-state index < -0.39 is 17.9 Å². The Hall–Kier alpha value is -3.42. The van der Waals surface area contributed by atoms with Gasteiger partial charge in [-0.05, 0) is 37.6 Å². The number of carbonyl (C=O) groups excluding carboxylic acids is 1. The van der Waals surface area contributed by atoms with E-state index in [1.165, 1.54) is 0 Å². The first kappa shape index (κ1) is 18.4. The number of aliphatic carboxylic acids is 1. The number of nitrogens with one attached hydrogen (secondary N) is 1. The summed E-state index contributed by atoms with van der Waals surface area (Å²) in [6.45, 7) is 4.08. The van der Waals surface area contributed by atoms with Gasteiger partial charge in [-0.2, -0.15) is 0 Å². The number of hydrogen-bond donors (Lipinski definition) is 2. The van der Waals surface area contributed by atoms with E-state index in [4.69, 9.17) is 4.74 Å². The highest BCUT2D eigenvalue weighted by Gasteiger charge is 2.23. The van der Waals surface area contributed by atoms with Gasteiger partial charge in [0.25, 0.3) is 5.91 Å². The van der Waals surface area contributed by atoms with Crippen molar-refractivity contribution in [2.75, 3.05) is 6.61 Å². The summed E-state index contributed by atoms with van der Waals surface area (Å²) < 4.78 is 7.22. The number of ether oxygens (including phenoxy) is 1. The number of pyridine rings is 2. The van der Waals surface area contributed by atoms with Crippen molar-refractivity contribution in [3.8, 4) is 5.75 Å². The first-order valence-electron chi connectivity index (χ1n) is 8.54. The number of rotatable bonds is 7. The molecule has 0 aliphatic heterocycles. The molecule has 0 saturated heterocycles. The third-order valence-electron chi connectivity index (χ3n) is 4.07. The van der Waals surface area contributed by atoms with E-state index in [9.17, 15) is 14.7 Å². The summed E-state index contributed by atoms with van der Waals surface area (Å²) in [4.78, 5) is 32.6. The lowest BCUT2D eigenvalue weighted by molar-refractivity contribution is -0.137. The van der Waals surface area contributed by atoms with Crippen LogP contribution in [-0.2, 0) is 4.79 Å². The SMILES string of the molecule is CCOc1cccn2c(C(=O)N[C@@H](CC(=O)O)c3cccnc3)c(C)nc12. The fraction of sp³-hybridized carbons (Fsp3) is 0.263. The number of carboxylic acid groups (broad SMARTS) is 1. The second kappa shape index (κ2) is 7.86. The highest BCUT2D eigenvalue weighted by molar-refractivity contribution is 5.95. The van der Waals surface area contributed by atoms with Crippen LogP contribution in [0.4, 0.5) is 0 Å². The molecule has 0 bridgehead atoms. The molecule has 3 aromatic heterocycles. The molecule has 0 aliphatic rings. The van der Waals surface area contributed by atoms with Crippen LogP contribution in [0.25, 0.3) is 5.65 Å². The highest BCUT2D eigenvalue weighted by atomic mass is 16.5. The summed E-state index contributed by atoms with van der Waals surface area (Å²) >= 11 is 0. The molecule has 0 aliphatic carbocycles. The molecular formula is C19H20N4O4. The van der Waals surface area contributed by atoms with Gasteiger partial charge in [0.1, 0.15) is 5.69 Å². The first-order valence-corrected chi connectivity index (χ1v) is 8.54. The lowest BCUT2D eigenvalue weighted by Crippen LogP contribution is -2.31. The lowest BCUT2D eigenvalue weighted by Gasteiger charge is -2.17. The van der Waals surface area contributed by atoms with Crippen molar-refractivity contribution >= 4 is 17.5 Å². The van der Waals surface area contributed by atoms with Gasteiger partial charge >= 0.3 is 5.97 Å². The fourth-order valence-electron chi connectivity index (χ4n) is 2.93. The molecule has 0 saturated carbocycles. The number of hydrogen-bond acceptors (Lipinski definition) is 5. The number of carbonyl (C=O) groups is 2. The molecule has 3 aromatic rings. The number of imidazole rings is 1. The molecule has 0 fully saturated rings. The van der Waals surface area contributed by atoms with E-state index in [0.29, 0.717) is 35.0 Å². The van der Waals surface area contributed by atoms with Crippen LogP contribution in [0.2, 0.25) is 0 Å². The molecule has 0 aromatic carbocycles. The molecule has 0 radical (unpaired) electrons. The van der Waals surface area contributed by atoms with Crippen molar-refractivity contribution in [3.05, 3.63) is 59.8 Å². The minimum absolute atomic E-state index is 0.253. The Labute approximate surface area is 155 Å². The Bertz CT molecular complexity index is 969. The van der Waals surface area contributed by atoms with E-state index in [-0.39, 0.29) is 6.42 Å². The van der Waals surface area contributed by atoms with Crippen LogP contribution in [0, 0.1) is 6.92 Å². The second-order valence-electron chi connectivity index (χ2n) is 5.96. The summed E-state index contributed by atoms with van der Waals surface area (Å²) in [5.41, 5.74) is 2.03. The van der Waals surface area contributed by atoms with E-state index in [1.807, 2.05) is 6.92 Å². The first-order chi connectivity index (χ1) is 13.0. The number of fused-ring (bicyclic) bond motifs is 1. The topological polar surface area (TPSA) is 106 Å². The van der Waals surface area contributed by atoms with Crippen LogP contribution in [0.3, 0.4) is 0 Å². The molecule has 0 spiro atoms. The lowest BCUT2D eigenvalue weighted by atomic mass is 10.1. The van der Waals surface area contributed by atoms with Crippen LogP contribution in [0.15, 0.2) is 42.9 Å². The van der Waals surface area contributed by atoms with Gasteiger partial charge in [0, 0.05) is 18.6 Å². The van der Waals surface area contributed by atoms with E-state index in [1.54, 1.807) is 54.2 Å². The van der Waals surface area contributed by atoms with Gasteiger partial charge in [-0.25, -0.2) is 4.98 Å². The smallest absolute Gasteiger partial charge is 0.305 e. The normalized spacial score (nSPS) is 11.9. The van der Waals surface area contributed by atoms with Crippen LogP contribution < -0.4 is 10.1 Å². The Morgan fingerprint density at radius 2 is 2.15 bits per heavy atom. The summed E-state index contributed by atoms with van der Waals surface area (Å²) in [5, 5.41) is 12.0. The summed E-state index contributed by atoms with van der Waals surface area (Å²) in [6, 6.07) is 6.28. The Balaban J connectivity index is 1.96. The van der Waals surface area contributed by atoms with Gasteiger partial charge < -0.3 is 15.2 Å². The zero-order valence-electron chi connectivity index (χ0n) is 15.0. The van der Waals surface area contributed by atoms with Crippen LogP contribution in [0.1, 0.15) is 41.1 Å². The molecule has 3 heterocycles. The van der Waals surface area contributed by atoms with Crippen molar-refractivity contribution in [3.63, 3.8) is 0 Å². The fourth-order valence-corrected chi connectivity index (χ4v) is 2.93. The minimum atomic E-state index is -1.02. The maximum atomic E-state index is 12.9. The van der Waals surface area contributed by atoms with Crippen LogP contribution >= 0.6 is 0 Å². The van der Waals surface area contributed by atoms with Crippen LogP contribution in [-0.4, -0.2) is 38.0 Å². The molecule has 1 atom stereocenters. The maximum absolute atomic E-state index is 12.9. The molecule has 27 heavy (non-hydrogen) atoms. The predicted molar refractivity (Wildman–Crippen MR) is 97.8 cm³/mol. The van der Waals surface area contributed by atoms with Gasteiger partial charge in [-0.1, -0.05) is 6.07 Å². The molecule has 3 rings (SSSR count). The van der Waals surface area contributed by atoms with Crippen molar-refractivity contribution < 1.29 is 19.4 Å². The number of aromatic nitrogens is 3. The Morgan fingerprint density at radius 1 is 1.33 bits per heavy atom. The third kappa shape index (κ3) is 3.89. The minimum Gasteiger partial charge on any atom is -0.490 e. The van der Waals surface area contributed by atoms with Gasteiger partial charge in [0.2, 0.25) is 0 Å². The number of aryl methyl sites for hydroxylation is 1. The Kier molecular flexibility index (Phi) is 5.35. The van der Waals surface area contributed by atoms with Gasteiger partial charge in [0.05, 0.1) is 24.8 Å². The Morgan fingerprint density at radius 3 is 2.81 bits per heavy atom. The van der Waals surface area contributed by atoms with Gasteiger partial charge in [-0.15, -0.1) is 0 Å². The van der Waals surface area contributed by atoms with Gasteiger partial charge in [-0.3, -0.25) is 19.0 Å². The number of nitrogens with zero attached hydrogens (tertiary/aromatic N) is 3. The molecule has 8 heteroatoms. The van der Waals surface area contributed by atoms with Crippen molar-refractivity contribution in [1.29, 1.82) is 0 Å². The summed E-state index contributed by atoms with van der Waals surface area (Å²) in [7, 11) is 0. The number of carboxylic acids is 1. The van der Waals surface area contributed by atoms with Crippen molar-refractivity contribution in [2.24, 2.45) is 0 Å². The quantitative estimate of drug-likeness (QED) is 0.663.